The first-order valence-corrected chi connectivity index (χ1v) is 6.95. The van der Waals surface area contributed by atoms with E-state index in [0.717, 1.165) is 25.7 Å². The van der Waals surface area contributed by atoms with Crippen LogP contribution in [0.25, 0.3) is 0 Å². The second-order valence-electron chi connectivity index (χ2n) is 5.65. The normalized spacial score (nSPS) is 20.5. The Labute approximate surface area is 123 Å². The monoisotopic (exact) mass is 296 g/mol. The zero-order chi connectivity index (χ0) is 15.6. The SMILES string of the molecule is Cc1cc(NCC2CN(C)CCN2C)c([N+](=O)[O-])cc1F. The molecule has 1 heterocycles. The predicted molar refractivity (Wildman–Crippen MR) is 80.2 cm³/mol. The number of halogens is 1. The van der Waals surface area contributed by atoms with Gasteiger partial charge in [-0.2, -0.15) is 0 Å². The molecular weight excluding hydrogens is 275 g/mol. The molecule has 1 unspecified atom stereocenters. The van der Waals surface area contributed by atoms with Crippen molar-refractivity contribution in [3.63, 3.8) is 0 Å². The summed E-state index contributed by atoms with van der Waals surface area (Å²) in [5, 5.41) is 14.1. The molecule has 1 aromatic carbocycles. The second-order valence-corrected chi connectivity index (χ2v) is 5.65. The molecule has 2 rings (SSSR count). The number of nitrogens with zero attached hydrogens (tertiary/aromatic N) is 3. The van der Waals surface area contributed by atoms with Crippen LogP contribution in [0.3, 0.4) is 0 Å². The van der Waals surface area contributed by atoms with Gasteiger partial charge in [-0.3, -0.25) is 15.0 Å². The maximum absolute atomic E-state index is 13.5. The van der Waals surface area contributed by atoms with Crippen LogP contribution in [0.15, 0.2) is 12.1 Å². The van der Waals surface area contributed by atoms with E-state index in [1.165, 1.54) is 6.07 Å². The van der Waals surface area contributed by atoms with E-state index in [0.29, 0.717) is 17.8 Å². The topological polar surface area (TPSA) is 61.6 Å². The Bertz CT molecular complexity index is 538. The van der Waals surface area contributed by atoms with Gasteiger partial charge in [0.15, 0.2) is 0 Å². The average Bonchev–Trinajstić information content (AvgIpc) is 2.42. The third-order valence-corrected chi connectivity index (χ3v) is 3.98. The largest absolute Gasteiger partial charge is 0.378 e. The van der Waals surface area contributed by atoms with E-state index in [2.05, 4.69) is 22.2 Å². The van der Waals surface area contributed by atoms with Gasteiger partial charge in [-0.05, 0) is 32.6 Å². The summed E-state index contributed by atoms with van der Waals surface area (Å²) in [5.41, 5.74) is 0.558. The molecule has 0 bridgehead atoms. The zero-order valence-electron chi connectivity index (χ0n) is 12.6. The maximum atomic E-state index is 13.5. The van der Waals surface area contributed by atoms with E-state index in [-0.39, 0.29) is 11.7 Å². The minimum atomic E-state index is -0.554. The molecule has 1 aliphatic heterocycles. The van der Waals surface area contributed by atoms with Gasteiger partial charge in [0, 0.05) is 32.2 Å². The lowest BCUT2D eigenvalue weighted by atomic mass is 10.1. The first-order chi connectivity index (χ1) is 9.88. The molecule has 21 heavy (non-hydrogen) atoms. The molecular formula is C14H21FN4O2. The molecule has 0 saturated carbocycles. The summed E-state index contributed by atoms with van der Waals surface area (Å²) in [6, 6.07) is 2.75. The maximum Gasteiger partial charge on any atom is 0.295 e. The number of anilines is 1. The van der Waals surface area contributed by atoms with Crippen LogP contribution in [0, 0.1) is 22.9 Å². The Kier molecular flexibility index (Phi) is 4.74. The first kappa shape index (κ1) is 15.7. The fraction of sp³-hybridized carbons (Fsp3) is 0.571. The Balaban J connectivity index is 2.12. The number of likely N-dealkylation sites (N-methyl/N-ethyl adjacent to an activating group) is 2. The van der Waals surface area contributed by atoms with E-state index in [1.807, 2.05) is 7.05 Å². The summed E-state index contributed by atoms with van der Waals surface area (Å²) in [6.07, 6.45) is 0. The van der Waals surface area contributed by atoms with Gasteiger partial charge in [-0.15, -0.1) is 0 Å². The van der Waals surface area contributed by atoms with E-state index in [9.17, 15) is 14.5 Å². The molecule has 0 aliphatic carbocycles. The van der Waals surface area contributed by atoms with Gasteiger partial charge in [0.1, 0.15) is 11.5 Å². The number of piperazine rings is 1. The Morgan fingerprint density at radius 1 is 1.43 bits per heavy atom. The lowest BCUT2D eigenvalue weighted by Gasteiger charge is -2.37. The van der Waals surface area contributed by atoms with Gasteiger partial charge >= 0.3 is 0 Å². The van der Waals surface area contributed by atoms with Gasteiger partial charge in [0.2, 0.25) is 0 Å². The van der Waals surface area contributed by atoms with Crippen LogP contribution in [-0.4, -0.2) is 61.0 Å². The zero-order valence-corrected chi connectivity index (χ0v) is 12.6. The quantitative estimate of drug-likeness (QED) is 0.677. The number of hydrogen-bond donors (Lipinski definition) is 1. The predicted octanol–water partition coefficient (Wildman–Crippen LogP) is 1.70. The molecule has 116 valence electrons. The summed E-state index contributed by atoms with van der Waals surface area (Å²) < 4.78 is 13.5. The van der Waals surface area contributed by atoms with Crippen molar-refractivity contribution in [2.24, 2.45) is 0 Å². The number of rotatable bonds is 4. The van der Waals surface area contributed by atoms with Crippen LogP contribution < -0.4 is 5.32 Å². The van der Waals surface area contributed by atoms with Crippen LogP contribution in [-0.2, 0) is 0 Å². The van der Waals surface area contributed by atoms with Crippen molar-refractivity contribution in [2.45, 2.75) is 13.0 Å². The molecule has 0 aromatic heterocycles. The van der Waals surface area contributed by atoms with Crippen molar-refractivity contribution < 1.29 is 9.31 Å². The number of aryl methyl sites for hydroxylation is 1. The molecule has 1 aromatic rings. The van der Waals surface area contributed by atoms with Crippen LogP contribution in [0.2, 0.25) is 0 Å². The van der Waals surface area contributed by atoms with Crippen molar-refractivity contribution in [2.75, 3.05) is 45.6 Å². The lowest BCUT2D eigenvalue weighted by Crippen LogP contribution is -2.52. The highest BCUT2D eigenvalue weighted by atomic mass is 19.1. The third-order valence-electron chi connectivity index (χ3n) is 3.98. The summed E-state index contributed by atoms with van der Waals surface area (Å²) in [5.74, 6) is -0.554. The molecule has 0 spiro atoms. The van der Waals surface area contributed by atoms with Crippen LogP contribution in [0.4, 0.5) is 15.8 Å². The third kappa shape index (κ3) is 3.68. The van der Waals surface area contributed by atoms with Gasteiger partial charge in [-0.25, -0.2) is 4.39 Å². The van der Waals surface area contributed by atoms with E-state index in [1.54, 1.807) is 6.92 Å². The van der Waals surface area contributed by atoms with Crippen molar-refractivity contribution in [3.8, 4) is 0 Å². The minimum Gasteiger partial charge on any atom is -0.378 e. The molecule has 1 N–H and O–H groups in total. The fourth-order valence-electron chi connectivity index (χ4n) is 2.51. The highest BCUT2D eigenvalue weighted by Crippen LogP contribution is 2.27. The number of nitro groups is 1. The van der Waals surface area contributed by atoms with Gasteiger partial charge in [0.05, 0.1) is 11.0 Å². The summed E-state index contributed by atoms with van der Waals surface area (Å²) in [6.45, 7) is 5.07. The Morgan fingerprint density at radius 3 is 2.81 bits per heavy atom. The second kappa shape index (κ2) is 6.36. The smallest absolute Gasteiger partial charge is 0.295 e. The summed E-state index contributed by atoms with van der Waals surface area (Å²) in [7, 11) is 4.11. The standard InChI is InChI=1S/C14H21FN4O2/c1-10-6-13(14(19(20)21)7-12(10)15)16-8-11-9-17(2)4-5-18(11)3/h6-7,11,16H,4-5,8-9H2,1-3H3. The molecule has 1 fully saturated rings. The lowest BCUT2D eigenvalue weighted by molar-refractivity contribution is -0.384. The highest BCUT2D eigenvalue weighted by Gasteiger charge is 2.23. The number of nitro benzene ring substituents is 1. The number of benzene rings is 1. The fourth-order valence-corrected chi connectivity index (χ4v) is 2.51. The molecule has 7 heteroatoms. The summed E-state index contributed by atoms with van der Waals surface area (Å²) >= 11 is 0. The number of nitrogens with one attached hydrogen (secondary N) is 1. The first-order valence-electron chi connectivity index (χ1n) is 6.95. The van der Waals surface area contributed by atoms with Gasteiger partial charge in [0.25, 0.3) is 5.69 Å². The number of hydrogen-bond acceptors (Lipinski definition) is 5. The van der Waals surface area contributed by atoms with Gasteiger partial charge in [-0.1, -0.05) is 0 Å². The van der Waals surface area contributed by atoms with E-state index < -0.39 is 10.7 Å². The molecule has 1 atom stereocenters. The average molecular weight is 296 g/mol. The van der Waals surface area contributed by atoms with Crippen LogP contribution >= 0.6 is 0 Å². The van der Waals surface area contributed by atoms with E-state index >= 15 is 0 Å². The Hall–Kier alpha value is -1.73. The van der Waals surface area contributed by atoms with Crippen LogP contribution in [0.1, 0.15) is 5.56 Å². The van der Waals surface area contributed by atoms with Crippen molar-refractivity contribution in [3.05, 3.63) is 33.6 Å². The molecule has 6 nitrogen and oxygen atoms in total. The highest BCUT2D eigenvalue weighted by molar-refractivity contribution is 5.63. The Morgan fingerprint density at radius 2 is 2.14 bits per heavy atom. The van der Waals surface area contributed by atoms with Crippen molar-refractivity contribution in [1.82, 2.24) is 9.80 Å². The van der Waals surface area contributed by atoms with Crippen molar-refractivity contribution >= 4 is 11.4 Å². The molecule has 1 saturated heterocycles. The van der Waals surface area contributed by atoms with Gasteiger partial charge < -0.3 is 10.2 Å². The summed E-state index contributed by atoms with van der Waals surface area (Å²) in [4.78, 5) is 14.9. The van der Waals surface area contributed by atoms with Crippen molar-refractivity contribution in [1.29, 1.82) is 0 Å². The van der Waals surface area contributed by atoms with Crippen LogP contribution in [0.5, 0.6) is 0 Å². The minimum absolute atomic E-state index is 0.218. The molecule has 1 aliphatic rings. The van der Waals surface area contributed by atoms with E-state index in [4.69, 9.17) is 0 Å². The molecule has 0 amide bonds. The molecule has 0 radical (unpaired) electrons.